The Bertz CT molecular complexity index is 1830. The Balaban J connectivity index is 1.64. The molecule has 2 atom stereocenters. The number of benzene rings is 3. The van der Waals surface area contributed by atoms with E-state index in [4.69, 9.17) is 32.9 Å². The fourth-order valence-electron chi connectivity index (χ4n) is 4.68. The molecule has 0 aliphatic carbocycles. The first-order valence-electron chi connectivity index (χ1n) is 12.3. The first-order chi connectivity index (χ1) is 19.3. The number of ether oxygens (including phenoxy) is 1. The van der Waals surface area contributed by atoms with Crippen LogP contribution in [0.4, 0.5) is 16.0 Å². The van der Waals surface area contributed by atoms with Crippen molar-refractivity contribution in [2.45, 2.75) is 18.9 Å². The Hall–Kier alpha value is -4.87. The lowest BCUT2D eigenvalue weighted by atomic mass is 9.92. The van der Waals surface area contributed by atoms with Crippen molar-refractivity contribution in [1.82, 2.24) is 9.97 Å². The smallest absolute Gasteiger partial charge is 0.200 e. The standard InChI is InChI=1S/C31H24ClFN4O3/c1-4-23(19-12-20(32)15-22(14-19)39-3)27-30(34)35-16-36-31(27)37-17(2)29-26(18-8-7-9-21(33)13-18)28(38)24-10-5-6-11-25(24)40-29/h1,5-17,23H,2-3H3,(H3,34,35,36,37). The normalized spacial score (nSPS) is 12.5. The van der Waals surface area contributed by atoms with E-state index in [1.807, 2.05) is 0 Å². The van der Waals surface area contributed by atoms with Gasteiger partial charge in [-0.25, -0.2) is 14.4 Å². The molecule has 40 heavy (non-hydrogen) atoms. The molecule has 0 aliphatic rings. The van der Waals surface area contributed by atoms with Crippen LogP contribution in [0, 0.1) is 18.2 Å². The summed E-state index contributed by atoms with van der Waals surface area (Å²) >= 11 is 6.32. The number of methoxy groups -OCH3 is 1. The third kappa shape index (κ3) is 5.07. The summed E-state index contributed by atoms with van der Waals surface area (Å²) in [5, 5.41) is 4.11. The second-order valence-corrected chi connectivity index (χ2v) is 9.52. The van der Waals surface area contributed by atoms with Crippen LogP contribution in [0.3, 0.4) is 0 Å². The first-order valence-corrected chi connectivity index (χ1v) is 12.7. The molecule has 2 aromatic heterocycles. The summed E-state index contributed by atoms with van der Waals surface area (Å²) < 4.78 is 25.8. The van der Waals surface area contributed by atoms with Gasteiger partial charge < -0.3 is 20.2 Å². The van der Waals surface area contributed by atoms with Gasteiger partial charge in [-0.1, -0.05) is 41.8 Å². The van der Waals surface area contributed by atoms with Crippen molar-refractivity contribution < 1.29 is 13.5 Å². The Morgan fingerprint density at radius 2 is 1.93 bits per heavy atom. The van der Waals surface area contributed by atoms with Gasteiger partial charge in [0.15, 0.2) is 0 Å². The number of aromatic nitrogens is 2. The van der Waals surface area contributed by atoms with Crippen LogP contribution in [0.25, 0.3) is 22.1 Å². The zero-order valence-corrected chi connectivity index (χ0v) is 22.4. The summed E-state index contributed by atoms with van der Waals surface area (Å²) in [6.07, 6.45) is 7.30. The minimum Gasteiger partial charge on any atom is -0.497 e. The third-order valence-corrected chi connectivity index (χ3v) is 6.74. The summed E-state index contributed by atoms with van der Waals surface area (Å²) in [5.41, 5.74) is 8.15. The molecule has 5 aromatic rings. The van der Waals surface area contributed by atoms with Crippen molar-refractivity contribution in [1.29, 1.82) is 0 Å². The maximum atomic E-state index is 14.2. The highest BCUT2D eigenvalue weighted by molar-refractivity contribution is 6.30. The first kappa shape index (κ1) is 26.7. The number of halogens is 2. The predicted molar refractivity (Wildman–Crippen MR) is 155 cm³/mol. The van der Waals surface area contributed by atoms with Gasteiger partial charge in [-0.2, -0.15) is 0 Å². The van der Waals surface area contributed by atoms with Gasteiger partial charge in [-0.15, -0.1) is 6.42 Å². The number of terminal acetylenes is 1. The molecule has 0 bridgehead atoms. The van der Waals surface area contributed by atoms with Crippen molar-refractivity contribution in [3.05, 3.63) is 111 Å². The zero-order valence-electron chi connectivity index (χ0n) is 21.6. The lowest BCUT2D eigenvalue weighted by Gasteiger charge is -2.22. The minimum atomic E-state index is -0.685. The van der Waals surface area contributed by atoms with Crippen molar-refractivity contribution in [2.75, 3.05) is 18.2 Å². The molecule has 200 valence electrons. The van der Waals surface area contributed by atoms with Gasteiger partial charge in [-0.05, 0) is 60.5 Å². The van der Waals surface area contributed by atoms with E-state index in [9.17, 15) is 9.18 Å². The lowest BCUT2D eigenvalue weighted by Crippen LogP contribution is -2.18. The molecule has 0 radical (unpaired) electrons. The van der Waals surface area contributed by atoms with E-state index in [0.717, 1.165) is 0 Å². The monoisotopic (exact) mass is 554 g/mol. The average Bonchev–Trinajstić information content (AvgIpc) is 2.94. The van der Waals surface area contributed by atoms with E-state index in [1.165, 1.54) is 25.6 Å². The van der Waals surface area contributed by atoms with Gasteiger partial charge >= 0.3 is 0 Å². The number of nitrogens with zero attached hydrogens (tertiary/aromatic N) is 2. The number of hydrogen-bond acceptors (Lipinski definition) is 7. The molecule has 3 aromatic carbocycles. The van der Waals surface area contributed by atoms with Crippen LogP contribution in [0.1, 0.15) is 35.8 Å². The van der Waals surface area contributed by atoms with Gasteiger partial charge in [0.1, 0.15) is 40.9 Å². The number of hydrogen-bond donors (Lipinski definition) is 2. The number of rotatable bonds is 7. The molecule has 0 aliphatic heterocycles. The van der Waals surface area contributed by atoms with Gasteiger partial charge in [0.2, 0.25) is 5.43 Å². The molecule has 0 saturated carbocycles. The Labute approximate surface area is 234 Å². The van der Waals surface area contributed by atoms with E-state index in [-0.39, 0.29) is 16.8 Å². The van der Waals surface area contributed by atoms with Crippen LogP contribution in [0.5, 0.6) is 5.75 Å². The predicted octanol–water partition coefficient (Wildman–Crippen LogP) is 6.57. The van der Waals surface area contributed by atoms with Gasteiger partial charge in [0.05, 0.1) is 35.6 Å². The van der Waals surface area contributed by atoms with Crippen LogP contribution in [0.2, 0.25) is 5.02 Å². The number of nitrogens with one attached hydrogen (secondary N) is 1. The van der Waals surface area contributed by atoms with Crippen LogP contribution >= 0.6 is 11.6 Å². The van der Waals surface area contributed by atoms with Crippen LogP contribution in [-0.4, -0.2) is 17.1 Å². The van der Waals surface area contributed by atoms with E-state index < -0.39 is 17.8 Å². The SMILES string of the molecule is C#CC(c1cc(Cl)cc(OC)c1)c1c(N)ncnc1NC(C)c1oc2ccccc2c(=O)c1-c1cccc(F)c1. The Morgan fingerprint density at radius 3 is 2.67 bits per heavy atom. The molecule has 0 spiro atoms. The number of para-hydroxylation sites is 1. The van der Waals surface area contributed by atoms with Gasteiger partial charge in [-0.3, -0.25) is 4.79 Å². The molecule has 0 fully saturated rings. The molecule has 0 amide bonds. The second-order valence-electron chi connectivity index (χ2n) is 9.09. The maximum absolute atomic E-state index is 14.2. The summed E-state index contributed by atoms with van der Waals surface area (Å²) in [6, 6.07) is 17.2. The van der Waals surface area contributed by atoms with Crippen LogP contribution < -0.4 is 21.2 Å². The number of nitrogen functional groups attached to an aromatic ring is 1. The fraction of sp³-hybridized carbons (Fsp3) is 0.129. The van der Waals surface area contributed by atoms with Crippen LogP contribution in [-0.2, 0) is 0 Å². The molecule has 5 rings (SSSR count). The highest BCUT2D eigenvalue weighted by Crippen LogP contribution is 2.37. The highest BCUT2D eigenvalue weighted by atomic mass is 35.5. The van der Waals surface area contributed by atoms with Crippen molar-refractivity contribution in [3.63, 3.8) is 0 Å². The molecule has 3 N–H and O–H groups in total. The Kier molecular flexibility index (Phi) is 7.41. The fourth-order valence-corrected chi connectivity index (χ4v) is 4.91. The molecular weight excluding hydrogens is 531 g/mol. The van der Waals surface area contributed by atoms with Crippen molar-refractivity contribution in [3.8, 4) is 29.2 Å². The van der Waals surface area contributed by atoms with E-state index in [1.54, 1.807) is 61.5 Å². The molecule has 2 unspecified atom stereocenters. The second kappa shape index (κ2) is 11.1. The molecule has 7 nitrogen and oxygen atoms in total. The summed E-state index contributed by atoms with van der Waals surface area (Å²) in [7, 11) is 1.53. The number of anilines is 2. The maximum Gasteiger partial charge on any atom is 0.200 e. The molecule has 9 heteroatoms. The van der Waals surface area contributed by atoms with Gasteiger partial charge in [0.25, 0.3) is 0 Å². The average molecular weight is 555 g/mol. The quantitative estimate of drug-likeness (QED) is 0.219. The minimum absolute atomic E-state index is 0.164. The summed E-state index contributed by atoms with van der Waals surface area (Å²) in [4.78, 5) is 22.2. The van der Waals surface area contributed by atoms with E-state index >= 15 is 0 Å². The molecule has 2 heterocycles. The third-order valence-electron chi connectivity index (χ3n) is 6.52. The van der Waals surface area contributed by atoms with Gasteiger partial charge in [0, 0.05) is 5.02 Å². The molecule has 0 saturated heterocycles. The zero-order chi connectivity index (χ0) is 28.4. The number of nitrogens with two attached hydrogens (primary N) is 1. The van der Waals surface area contributed by atoms with E-state index in [0.29, 0.717) is 50.0 Å². The highest BCUT2D eigenvalue weighted by Gasteiger charge is 2.26. The summed E-state index contributed by atoms with van der Waals surface area (Å²) in [6.45, 7) is 1.80. The molecular formula is C31H24ClFN4O3. The Morgan fingerprint density at radius 1 is 1.12 bits per heavy atom. The van der Waals surface area contributed by atoms with Crippen molar-refractivity contribution in [2.24, 2.45) is 0 Å². The van der Waals surface area contributed by atoms with Crippen LogP contribution in [0.15, 0.2) is 82.3 Å². The topological polar surface area (TPSA) is 103 Å². The lowest BCUT2D eigenvalue weighted by molar-refractivity contribution is 0.414. The largest absolute Gasteiger partial charge is 0.497 e. The number of fused-ring (bicyclic) bond motifs is 1. The summed E-state index contributed by atoms with van der Waals surface area (Å²) in [5.74, 6) is 2.91. The van der Waals surface area contributed by atoms with E-state index in [2.05, 4.69) is 21.2 Å². The van der Waals surface area contributed by atoms with Crippen molar-refractivity contribution >= 4 is 34.2 Å².